The number of alkyl halides is 3. The number of allylic oxidation sites excluding steroid dienone is 3. The van der Waals surface area contributed by atoms with Crippen LogP contribution in [-0.2, 0) is 11.0 Å². The maximum atomic E-state index is 14.2. The van der Waals surface area contributed by atoms with E-state index >= 15 is 0 Å². The Morgan fingerprint density at radius 3 is 2.56 bits per heavy atom. The molecule has 1 aliphatic carbocycles. The zero-order valence-corrected chi connectivity index (χ0v) is 16.8. The van der Waals surface area contributed by atoms with Crippen LogP contribution in [0.4, 0.5) is 27.8 Å². The zero-order valence-electron chi connectivity index (χ0n) is 16.8. The van der Waals surface area contributed by atoms with Crippen molar-refractivity contribution < 1.29 is 26.7 Å². The molecule has 0 bridgehead atoms. The van der Waals surface area contributed by atoms with Crippen LogP contribution in [-0.4, -0.2) is 25.4 Å². The van der Waals surface area contributed by atoms with E-state index in [1.807, 2.05) is 0 Å². The van der Waals surface area contributed by atoms with Crippen molar-refractivity contribution in [2.75, 3.05) is 5.32 Å². The maximum Gasteiger partial charge on any atom is 0.450 e. The number of carbonyl (C=O) groups excluding carboxylic acids is 1. The number of aryl methyl sites for hydroxylation is 1. The van der Waals surface area contributed by atoms with Crippen molar-refractivity contribution in [3.05, 3.63) is 65.8 Å². The van der Waals surface area contributed by atoms with E-state index in [-0.39, 0.29) is 22.7 Å². The molecule has 1 aromatic carbocycles. The van der Waals surface area contributed by atoms with Crippen LogP contribution in [0.2, 0.25) is 0 Å². The number of halogens is 5. The number of benzene rings is 1. The van der Waals surface area contributed by atoms with Gasteiger partial charge in [-0.15, -0.1) is 0 Å². The number of hydrogen-bond acceptors (Lipinski definition) is 4. The van der Waals surface area contributed by atoms with Crippen molar-refractivity contribution in [3.63, 3.8) is 0 Å². The summed E-state index contributed by atoms with van der Waals surface area (Å²) in [4.78, 5) is 24.1. The Balaban J connectivity index is 1.67. The van der Waals surface area contributed by atoms with Gasteiger partial charge in [-0.25, -0.2) is 23.7 Å². The normalized spacial score (nSPS) is 19.0. The number of nitrogens with one attached hydrogen (secondary N) is 1. The molecule has 3 aromatic rings. The van der Waals surface area contributed by atoms with E-state index in [1.54, 1.807) is 13.0 Å². The minimum absolute atomic E-state index is 0.128. The van der Waals surface area contributed by atoms with Crippen LogP contribution in [0.15, 0.2) is 54.4 Å². The van der Waals surface area contributed by atoms with Crippen molar-refractivity contribution in [2.24, 2.45) is 5.41 Å². The Morgan fingerprint density at radius 2 is 1.91 bits per heavy atom. The second-order valence-electron chi connectivity index (χ2n) is 7.61. The molecule has 0 aliphatic heterocycles. The van der Waals surface area contributed by atoms with Gasteiger partial charge in [0.1, 0.15) is 17.1 Å². The number of fused-ring (bicyclic) bond motifs is 1. The van der Waals surface area contributed by atoms with E-state index in [0.717, 1.165) is 34.7 Å². The topological polar surface area (TPSA) is 72.7 Å². The van der Waals surface area contributed by atoms with Gasteiger partial charge in [0.2, 0.25) is 11.7 Å². The van der Waals surface area contributed by atoms with E-state index in [9.17, 15) is 26.7 Å². The summed E-state index contributed by atoms with van der Waals surface area (Å²) >= 11 is 0. The van der Waals surface area contributed by atoms with E-state index in [4.69, 9.17) is 0 Å². The molecule has 2 aromatic heterocycles. The highest BCUT2D eigenvalue weighted by Gasteiger charge is 2.41. The summed E-state index contributed by atoms with van der Waals surface area (Å²) in [6, 6.07) is 4.65. The van der Waals surface area contributed by atoms with Gasteiger partial charge in [0, 0.05) is 6.42 Å². The van der Waals surface area contributed by atoms with Crippen LogP contribution in [0.1, 0.15) is 24.7 Å². The average molecular weight is 449 g/mol. The van der Waals surface area contributed by atoms with Crippen LogP contribution in [0, 0.1) is 12.3 Å². The molecule has 0 saturated heterocycles. The summed E-state index contributed by atoms with van der Waals surface area (Å²) in [6.07, 6.45) is -1.35. The molecule has 0 spiro atoms. The van der Waals surface area contributed by atoms with E-state index in [2.05, 4.69) is 20.3 Å². The zero-order chi connectivity index (χ0) is 23.3. The van der Waals surface area contributed by atoms with Crippen molar-refractivity contribution in [1.82, 2.24) is 19.5 Å². The van der Waals surface area contributed by atoms with Crippen LogP contribution in [0.25, 0.3) is 16.9 Å². The van der Waals surface area contributed by atoms with E-state index < -0.39 is 41.4 Å². The molecular formula is C21H16F5N5O. The first kappa shape index (κ1) is 21.6. The second kappa shape index (κ2) is 7.50. The molecule has 1 atom stereocenters. The molecule has 0 saturated carbocycles. The summed E-state index contributed by atoms with van der Waals surface area (Å²) in [7, 11) is 0. The number of anilines is 1. The summed E-state index contributed by atoms with van der Waals surface area (Å²) in [6.45, 7) is 2.97. The molecule has 1 N–H and O–H groups in total. The molecule has 4 rings (SSSR count). The van der Waals surface area contributed by atoms with Crippen LogP contribution in [0.5, 0.6) is 0 Å². The number of carbonyl (C=O) groups is 1. The third-order valence-corrected chi connectivity index (χ3v) is 5.13. The molecule has 1 aliphatic rings. The Kier molecular flexibility index (Phi) is 5.06. The summed E-state index contributed by atoms with van der Waals surface area (Å²) < 4.78 is 69.3. The van der Waals surface area contributed by atoms with E-state index in [0.29, 0.717) is 0 Å². The number of rotatable bonds is 3. The average Bonchev–Trinajstić information content (AvgIpc) is 3.10. The first-order valence-electron chi connectivity index (χ1n) is 9.41. The number of aromatic nitrogens is 4. The van der Waals surface area contributed by atoms with Gasteiger partial charge in [-0.1, -0.05) is 6.07 Å². The molecule has 11 heteroatoms. The second-order valence-corrected chi connectivity index (χ2v) is 7.61. The Morgan fingerprint density at radius 1 is 1.16 bits per heavy atom. The Bertz CT molecular complexity index is 1280. The van der Waals surface area contributed by atoms with Crippen LogP contribution >= 0.6 is 0 Å². The standard InChI is InChI=1S/C21H16F5N5O/c1-11-3-5-14-13(7-11)29-18(21(24,25)26)31(14)17-10-27-16(9-28-17)30-19(32)20(2)8-12(22)4-6-15(20)23/h3-7,9-10H,8H2,1-2H3,(H,27,30,32)/t20-/m1/s1. The lowest BCUT2D eigenvalue weighted by Gasteiger charge is -2.27. The number of nitrogens with zero attached hydrogens (tertiary/aromatic N) is 4. The fourth-order valence-corrected chi connectivity index (χ4v) is 3.39. The van der Waals surface area contributed by atoms with Crippen LogP contribution in [0.3, 0.4) is 0 Å². The van der Waals surface area contributed by atoms with Gasteiger partial charge in [0.05, 0.1) is 23.4 Å². The monoisotopic (exact) mass is 449 g/mol. The summed E-state index contributed by atoms with van der Waals surface area (Å²) in [5.41, 5.74) is -0.720. The molecule has 0 radical (unpaired) electrons. The minimum atomic E-state index is -4.75. The minimum Gasteiger partial charge on any atom is -0.309 e. The van der Waals surface area contributed by atoms with Gasteiger partial charge in [-0.2, -0.15) is 13.2 Å². The molecule has 166 valence electrons. The van der Waals surface area contributed by atoms with Gasteiger partial charge < -0.3 is 5.32 Å². The molecule has 0 unspecified atom stereocenters. The van der Waals surface area contributed by atoms with Gasteiger partial charge in [-0.05, 0) is 43.7 Å². The largest absolute Gasteiger partial charge is 0.450 e. The molecule has 32 heavy (non-hydrogen) atoms. The number of amides is 1. The fraction of sp³-hybridized carbons (Fsp3) is 0.238. The SMILES string of the molecule is Cc1ccc2c(c1)nc(C(F)(F)F)n2-c1cnc(NC(=O)[C@]2(C)CC(F)=CC=C2F)cn1. The molecule has 0 fully saturated rings. The lowest BCUT2D eigenvalue weighted by Crippen LogP contribution is -2.35. The lowest BCUT2D eigenvalue weighted by molar-refractivity contribution is -0.145. The van der Waals surface area contributed by atoms with Gasteiger partial charge >= 0.3 is 6.18 Å². The first-order chi connectivity index (χ1) is 15.0. The lowest BCUT2D eigenvalue weighted by atomic mass is 9.81. The molecular weight excluding hydrogens is 433 g/mol. The predicted molar refractivity (Wildman–Crippen MR) is 106 cm³/mol. The quantitative estimate of drug-likeness (QED) is 0.558. The van der Waals surface area contributed by atoms with Gasteiger partial charge in [-0.3, -0.25) is 9.36 Å². The third-order valence-electron chi connectivity index (χ3n) is 5.13. The molecule has 1 amide bonds. The number of hydrogen-bond donors (Lipinski definition) is 1. The van der Waals surface area contributed by atoms with Crippen molar-refractivity contribution in [3.8, 4) is 5.82 Å². The molecule has 6 nitrogen and oxygen atoms in total. The summed E-state index contributed by atoms with van der Waals surface area (Å²) in [5, 5.41) is 2.33. The fourth-order valence-electron chi connectivity index (χ4n) is 3.39. The smallest absolute Gasteiger partial charge is 0.309 e. The van der Waals surface area contributed by atoms with Crippen molar-refractivity contribution in [1.29, 1.82) is 0 Å². The highest BCUT2D eigenvalue weighted by molar-refractivity contribution is 5.96. The van der Waals surface area contributed by atoms with Crippen molar-refractivity contribution >= 4 is 22.8 Å². The first-order valence-corrected chi connectivity index (χ1v) is 9.41. The molecule has 2 heterocycles. The number of imidazole rings is 1. The highest BCUT2D eigenvalue weighted by Crippen LogP contribution is 2.39. The summed E-state index contributed by atoms with van der Waals surface area (Å²) in [5.74, 6) is -3.82. The predicted octanol–water partition coefficient (Wildman–Crippen LogP) is 5.20. The highest BCUT2D eigenvalue weighted by atomic mass is 19.4. The maximum absolute atomic E-state index is 14.2. The Labute approximate surface area is 178 Å². The Hall–Kier alpha value is -3.63. The van der Waals surface area contributed by atoms with E-state index in [1.165, 1.54) is 19.1 Å². The van der Waals surface area contributed by atoms with Gasteiger partial charge in [0.15, 0.2) is 11.6 Å². The van der Waals surface area contributed by atoms with Crippen molar-refractivity contribution in [2.45, 2.75) is 26.4 Å². The van der Waals surface area contributed by atoms with Gasteiger partial charge in [0.25, 0.3) is 0 Å². The van der Waals surface area contributed by atoms with Crippen LogP contribution < -0.4 is 5.32 Å². The third kappa shape index (κ3) is 3.74.